The molecule has 0 saturated carbocycles. The Hall–Kier alpha value is -0.0331. The van der Waals surface area contributed by atoms with Crippen molar-refractivity contribution in [3.05, 3.63) is 0 Å². The number of rotatable bonds is 5. The smallest absolute Gasteiger partial charge is 0.377 e. The highest BCUT2D eigenvalue weighted by atomic mass is 32.3. The molecular formula is C6H18O7SSi. The molecule has 94 valence electrons. The van der Waals surface area contributed by atoms with Crippen LogP contribution >= 0.6 is 0 Å². The number of hydrogen-bond acceptors (Lipinski definition) is 5. The lowest BCUT2D eigenvalue weighted by molar-refractivity contribution is 0.123. The SMILES string of the molecule is CCC[Si](OC)(OC)OC.O=S(=O)(O)O. The van der Waals surface area contributed by atoms with Crippen molar-refractivity contribution in [1.29, 1.82) is 0 Å². The fourth-order valence-corrected chi connectivity index (χ4v) is 2.59. The van der Waals surface area contributed by atoms with Gasteiger partial charge in [-0.1, -0.05) is 13.3 Å². The molecule has 0 fully saturated rings. The molecule has 0 aromatic carbocycles. The molecule has 0 amide bonds. The van der Waals surface area contributed by atoms with Crippen LogP contribution in [0.25, 0.3) is 0 Å². The molecule has 0 aliphatic heterocycles. The quantitative estimate of drug-likeness (QED) is 0.553. The predicted octanol–water partition coefficient (Wildman–Crippen LogP) is 0.622. The highest BCUT2D eigenvalue weighted by Gasteiger charge is 2.36. The van der Waals surface area contributed by atoms with Crippen LogP contribution in [-0.4, -0.2) is 47.7 Å². The van der Waals surface area contributed by atoms with Gasteiger partial charge in [0.2, 0.25) is 0 Å². The Morgan fingerprint density at radius 1 is 1.07 bits per heavy atom. The minimum Gasteiger partial charge on any atom is -0.377 e. The molecule has 9 heteroatoms. The van der Waals surface area contributed by atoms with Crippen LogP contribution in [0, 0.1) is 0 Å². The van der Waals surface area contributed by atoms with Crippen molar-refractivity contribution in [1.82, 2.24) is 0 Å². The van der Waals surface area contributed by atoms with Gasteiger partial charge in [-0.15, -0.1) is 0 Å². The summed E-state index contributed by atoms with van der Waals surface area (Å²) in [6.45, 7) is 2.08. The zero-order chi connectivity index (χ0) is 12.5. The second-order valence-electron chi connectivity index (χ2n) is 2.49. The molecule has 0 unspecified atom stereocenters. The minimum atomic E-state index is -4.67. The van der Waals surface area contributed by atoms with Crippen LogP contribution in [0.4, 0.5) is 0 Å². The van der Waals surface area contributed by atoms with Gasteiger partial charge >= 0.3 is 19.2 Å². The van der Waals surface area contributed by atoms with E-state index in [-0.39, 0.29) is 0 Å². The van der Waals surface area contributed by atoms with E-state index in [2.05, 4.69) is 6.92 Å². The molecule has 0 heterocycles. The second kappa shape index (κ2) is 8.16. The minimum absolute atomic E-state index is 0.885. The average Bonchev–Trinajstić information content (AvgIpc) is 2.12. The standard InChI is InChI=1S/C6H16O3Si.H2O4S/c1-5-6-10(7-2,8-3)9-4;1-5(2,3)4/h5-6H2,1-4H3;(H2,1,2,3,4). The summed E-state index contributed by atoms with van der Waals surface area (Å²) in [4.78, 5) is 0. The van der Waals surface area contributed by atoms with Gasteiger partial charge in [0.05, 0.1) is 0 Å². The highest BCUT2D eigenvalue weighted by molar-refractivity contribution is 7.79. The molecule has 0 aliphatic rings. The van der Waals surface area contributed by atoms with E-state index in [4.69, 9.17) is 30.8 Å². The van der Waals surface area contributed by atoms with Gasteiger partial charge in [-0.2, -0.15) is 8.42 Å². The number of hydrogen-bond donors (Lipinski definition) is 2. The summed E-state index contributed by atoms with van der Waals surface area (Å²) in [6.07, 6.45) is 1.03. The maximum absolute atomic E-state index is 8.74. The van der Waals surface area contributed by atoms with Crippen LogP contribution in [0.2, 0.25) is 6.04 Å². The van der Waals surface area contributed by atoms with Crippen LogP contribution in [0.3, 0.4) is 0 Å². The van der Waals surface area contributed by atoms with E-state index < -0.39 is 19.2 Å². The van der Waals surface area contributed by atoms with Crippen molar-refractivity contribution in [2.24, 2.45) is 0 Å². The summed E-state index contributed by atoms with van der Waals surface area (Å²) >= 11 is 0. The lowest BCUT2D eigenvalue weighted by Gasteiger charge is -2.23. The first-order valence-electron chi connectivity index (χ1n) is 4.10. The molecule has 7 nitrogen and oxygen atoms in total. The molecule has 15 heavy (non-hydrogen) atoms. The fourth-order valence-electron chi connectivity index (χ4n) is 0.862. The molecule has 2 N–H and O–H groups in total. The van der Waals surface area contributed by atoms with E-state index >= 15 is 0 Å². The Morgan fingerprint density at radius 3 is 1.40 bits per heavy atom. The van der Waals surface area contributed by atoms with Gasteiger partial charge in [-0.3, -0.25) is 9.11 Å². The summed E-state index contributed by atoms with van der Waals surface area (Å²) < 4.78 is 47.1. The third-order valence-corrected chi connectivity index (χ3v) is 4.47. The van der Waals surface area contributed by atoms with E-state index in [1.54, 1.807) is 21.3 Å². The van der Waals surface area contributed by atoms with Gasteiger partial charge in [0, 0.05) is 27.4 Å². The van der Waals surface area contributed by atoms with E-state index in [9.17, 15) is 0 Å². The van der Waals surface area contributed by atoms with Gasteiger partial charge in [0.15, 0.2) is 0 Å². The summed E-state index contributed by atoms with van der Waals surface area (Å²) in [5.74, 6) is 0. The van der Waals surface area contributed by atoms with E-state index in [0.717, 1.165) is 12.5 Å². The van der Waals surface area contributed by atoms with Gasteiger partial charge in [0.1, 0.15) is 0 Å². The molecule has 0 radical (unpaired) electrons. The lowest BCUT2D eigenvalue weighted by atomic mass is 10.6. The summed E-state index contributed by atoms with van der Waals surface area (Å²) in [7, 11) is -1.98. The van der Waals surface area contributed by atoms with Crippen molar-refractivity contribution in [2.75, 3.05) is 21.3 Å². The Balaban J connectivity index is 0. The third-order valence-electron chi connectivity index (χ3n) is 1.49. The first-order chi connectivity index (χ1) is 6.74. The van der Waals surface area contributed by atoms with Crippen molar-refractivity contribution in [2.45, 2.75) is 19.4 Å². The Bertz CT molecular complexity index is 220. The molecule has 0 rings (SSSR count). The second-order valence-corrected chi connectivity index (χ2v) is 6.48. The average molecular weight is 262 g/mol. The molecule has 0 spiro atoms. The van der Waals surface area contributed by atoms with Gasteiger partial charge in [-0.25, -0.2) is 0 Å². The van der Waals surface area contributed by atoms with Crippen LogP contribution in [0.1, 0.15) is 13.3 Å². The molecule has 0 aliphatic carbocycles. The van der Waals surface area contributed by atoms with E-state index in [1.807, 2.05) is 0 Å². The van der Waals surface area contributed by atoms with Crippen LogP contribution in [-0.2, 0) is 23.7 Å². The van der Waals surface area contributed by atoms with Gasteiger partial charge < -0.3 is 13.3 Å². The van der Waals surface area contributed by atoms with Gasteiger partial charge in [-0.05, 0) is 0 Å². The Labute approximate surface area is 91.3 Å². The Morgan fingerprint density at radius 2 is 1.33 bits per heavy atom. The molecule has 0 bridgehead atoms. The summed E-state index contributed by atoms with van der Waals surface area (Å²) in [6, 6.07) is 0.885. The van der Waals surface area contributed by atoms with Crippen molar-refractivity contribution >= 4 is 19.2 Å². The van der Waals surface area contributed by atoms with Crippen LogP contribution in [0.15, 0.2) is 0 Å². The van der Waals surface area contributed by atoms with Crippen LogP contribution in [0.5, 0.6) is 0 Å². The zero-order valence-corrected chi connectivity index (χ0v) is 11.1. The van der Waals surface area contributed by atoms with E-state index in [0.29, 0.717) is 0 Å². The largest absolute Gasteiger partial charge is 0.500 e. The van der Waals surface area contributed by atoms with Gasteiger partial charge in [0.25, 0.3) is 0 Å². The van der Waals surface area contributed by atoms with Crippen LogP contribution < -0.4 is 0 Å². The fraction of sp³-hybridized carbons (Fsp3) is 1.00. The predicted molar refractivity (Wildman–Crippen MR) is 56.1 cm³/mol. The Kier molecular flexibility index (Phi) is 9.44. The first-order valence-corrected chi connectivity index (χ1v) is 7.43. The maximum Gasteiger partial charge on any atom is 0.500 e. The topological polar surface area (TPSA) is 102 Å². The molecule has 0 aromatic rings. The highest BCUT2D eigenvalue weighted by Crippen LogP contribution is 2.13. The van der Waals surface area contributed by atoms with Crippen molar-refractivity contribution in [3.8, 4) is 0 Å². The van der Waals surface area contributed by atoms with Crippen molar-refractivity contribution < 1.29 is 30.8 Å². The monoisotopic (exact) mass is 262 g/mol. The molecule has 0 atom stereocenters. The lowest BCUT2D eigenvalue weighted by Crippen LogP contribution is -2.42. The summed E-state index contributed by atoms with van der Waals surface area (Å²) in [5.41, 5.74) is 0. The summed E-state index contributed by atoms with van der Waals surface area (Å²) in [5, 5.41) is 0. The van der Waals surface area contributed by atoms with E-state index in [1.165, 1.54) is 0 Å². The molecule has 0 aromatic heterocycles. The normalized spacial score (nSPS) is 11.9. The third kappa shape index (κ3) is 11.9. The molecule has 0 saturated heterocycles. The first kappa shape index (κ1) is 17.4. The zero-order valence-electron chi connectivity index (χ0n) is 9.26. The maximum atomic E-state index is 8.74. The molecular weight excluding hydrogens is 244 g/mol. The van der Waals surface area contributed by atoms with Crippen molar-refractivity contribution in [3.63, 3.8) is 0 Å².